The van der Waals surface area contributed by atoms with Crippen LogP contribution in [0.25, 0.3) is 0 Å². The Morgan fingerprint density at radius 3 is 2.79 bits per heavy atom. The van der Waals surface area contributed by atoms with Gasteiger partial charge in [-0.25, -0.2) is 4.98 Å². The lowest BCUT2D eigenvalue weighted by molar-refractivity contribution is -0.384. The van der Waals surface area contributed by atoms with Crippen LogP contribution in [-0.4, -0.2) is 21.7 Å². The third-order valence-electron chi connectivity index (χ3n) is 3.82. The topological polar surface area (TPSA) is 114 Å². The average Bonchev–Trinajstić information content (AvgIpc) is 3.34. The van der Waals surface area contributed by atoms with Crippen molar-refractivity contribution in [1.82, 2.24) is 10.3 Å². The molecular formula is C18H16N4O4S2. The van der Waals surface area contributed by atoms with Gasteiger partial charge in [-0.05, 0) is 23.9 Å². The highest BCUT2D eigenvalue weighted by Crippen LogP contribution is 2.20. The molecule has 0 aliphatic rings. The monoisotopic (exact) mass is 416 g/mol. The molecule has 1 aromatic carbocycles. The molecule has 0 spiro atoms. The fraction of sp³-hybridized carbons (Fsp3) is 0.167. The van der Waals surface area contributed by atoms with Crippen molar-refractivity contribution in [1.29, 1.82) is 0 Å². The summed E-state index contributed by atoms with van der Waals surface area (Å²) in [5.41, 5.74) is 1.16. The van der Waals surface area contributed by atoms with E-state index in [4.69, 9.17) is 0 Å². The number of nitro benzene ring substituents is 1. The molecule has 3 aromatic rings. The van der Waals surface area contributed by atoms with E-state index in [0.717, 1.165) is 0 Å². The van der Waals surface area contributed by atoms with Gasteiger partial charge in [0.05, 0.1) is 28.0 Å². The number of anilines is 1. The van der Waals surface area contributed by atoms with Crippen molar-refractivity contribution in [3.05, 3.63) is 73.4 Å². The minimum absolute atomic E-state index is 0.0239. The molecule has 8 nitrogen and oxygen atoms in total. The van der Waals surface area contributed by atoms with Gasteiger partial charge in [0, 0.05) is 17.5 Å². The van der Waals surface area contributed by atoms with Gasteiger partial charge in [0.25, 0.3) is 11.6 Å². The number of nitrogens with zero attached hydrogens (tertiary/aromatic N) is 2. The lowest BCUT2D eigenvalue weighted by Crippen LogP contribution is -2.28. The summed E-state index contributed by atoms with van der Waals surface area (Å²) in [6.07, 6.45) is 0.0463. The Morgan fingerprint density at radius 2 is 2.07 bits per heavy atom. The number of thiophene rings is 1. The molecule has 2 amide bonds. The molecule has 1 unspecified atom stereocenters. The van der Waals surface area contributed by atoms with Crippen LogP contribution in [0.4, 0.5) is 10.8 Å². The molecule has 0 bridgehead atoms. The smallest absolute Gasteiger partial charge is 0.269 e. The van der Waals surface area contributed by atoms with E-state index in [0.29, 0.717) is 21.3 Å². The summed E-state index contributed by atoms with van der Waals surface area (Å²) in [4.78, 5) is 39.5. The highest BCUT2D eigenvalue weighted by Gasteiger charge is 2.15. The fourth-order valence-corrected chi connectivity index (χ4v) is 3.78. The molecule has 3 rings (SSSR count). The molecule has 144 valence electrons. The van der Waals surface area contributed by atoms with Gasteiger partial charge in [0.1, 0.15) is 0 Å². The Kier molecular flexibility index (Phi) is 6.12. The van der Waals surface area contributed by atoms with E-state index >= 15 is 0 Å². The molecule has 28 heavy (non-hydrogen) atoms. The van der Waals surface area contributed by atoms with Crippen LogP contribution in [0.2, 0.25) is 0 Å². The number of nitro groups is 1. The first kappa shape index (κ1) is 19.6. The predicted molar refractivity (Wildman–Crippen MR) is 108 cm³/mol. The number of non-ortho nitro benzene ring substituents is 1. The van der Waals surface area contributed by atoms with Crippen molar-refractivity contribution in [2.24, 2.45) is 0 Å². The zero-order chi connectivity index (χ0) is 20.1. The largest absolute Gasteiger partial charge is 0.349 e. The Hall–Kier alpha value is -3.11. The number of hydrogen-bond acceptors (Lipinski definition) is 7. The van der Waals surface area contributed by atoms with E-state index in [9.17, 15) is 19.7 Å². The molecule has 0 aliphatic heterocycles. The minimum atomic E-state index is -0.473. The summed E-state index contributed by atoms with van der Waals surface area (Å²) in [5.74, 6) is -0.500. The quantitative estimate of drug-likeness (QED) is 0.449. The summed E-state index contributed by atoms with van der Waals surface area (Å²) in [6.45, 7) is 1.75. The van der Waals surface area contributed by atoms with Gasteiger partial charge in [-0.2, -0.15) is 0 Å². The van der Waals surface area contributed by atoms with Crippen LogP contribution in [0.5, 0.6) is 0 Å². The van der Waals surface area contributed by atoms with Gasteiger partial charge in [-0.3, -0.25) is 25.0 Å². The number of aromatic nitrogens is 1. The van der Waals surface area contributed by atoms with E-state index in [2.05, 4.69) is 15.6 Å². The van der Waals surface area contributed by atoms with Gasteiger partial charge in [-0.1, -0.05) is 18.2 Å². The van der Waals surface area contributed by atoms with Gasteiger partial charge in [0.15, 0.2) is 5.13 Å². The molecule has 2 N–H and O–H groups in total. The number of amides is 2. The van der Waals surface area contributed by atoms with E-state index in [1.807, 2.05) is 5.38 Å². The van der Waals surface area contributed by atoms with Gasteiger partial charge >= 0.3 is 0 Å². The molecule has 2 heterocycles. The van der Waals surface area contributed by atoms with E-state index in [1.165, 1.54) is 34.8 Å². The summed E-state index contributed by atoms with van der Waals surface area (Å²) < 4.78 is 0. The van der Waals surface area contributed by atoms with Crippen molar-refractivity contribution >= 4 is 45.3 Å². The zero-order valence-electron chi connectivity index (χ0n) is 14.7. The number of thiazole rings is 1. The van der Waals surface area contributed by atoms with Crippen molar-refractivity contribution in [2.75, 3.05) is 5.32 Å². The summed E-state index contributed by atoms with van der Waals surface area (Å²) >= 11 is 2.58. The Bertz CT molecular complexity index is 1000. The van der Waals surface area contributed by atoms with Crippen molar-refractivity contribution in [3.63, 3.8) is 0 Å². The summed E-state index contributed by atoms with van der Waals surface area (Å²) in [5, 5.41) is 20.3. The first-order valence-electron chi connectivity index (χ1n) is 8.25. The molecule has 10 heteroatoms. The third-order valence-corrected chi connectivity index (χ3v) is 5.49. The van der Waals surface area contributed by atoms with E-state index < -0.39 is 4.92 Å². The Morgan fingerprint density at radius 1 is 1.25 bits per heavy atom. The zero-order valence-corrected chi connectivity index (χ0v) is 16.4. The molecule has 0 saturated heterocycles. The van der Waals surface area contributed by atoms with Gasteiger partial charge in [-0.15, -0.1) is 22.7 Å². The normalized spacial score (nSPS) is 11.6. The highest BCUT2D eigenvalue weighted by atomic mass is 32.1. The van der Waals surface area contributed by atoms with Crippen LogP contribution < -0.4 is 10.6 Å². The van der Waals surface area contributed by atoms with Crippen LogP contribution in [0, 0.1) is 10.1 Å². The molecule has 0 radical (unpaired) electrons. The van der Waals surface area contributed by atoms with E-state index in [1.54, 1.807) is 36.6 Å². The van der Waals surface area contributed by atoms with Gasteiger partial charge < -0.3 is 5.32 Å². The van der Waals surface area contributed by atoms with Crippen LogP contribution in [-0.2, 0) is 11.2 Å². The second-order valence-electron chi connectivity index (χ2n) is 5.89. The molecule has 0 saturated carbocycles. The Labute approximate surface area is 168 Å². The number of rotatable bonds is 7. The predicted octanol–water partition coefficient (Wildman–Crippen LogP) is 3.79. The number of hydrogen-bond donors (Lipinski definition) is 2. The molecule has 0 aliphatic carbocycles. The second-order valence-corrected chi connectivity index (χ2v) is 7.70. The van der Waals surface area contributed by atoms with E-state index in [-0.39, 0.29) is 30.0 Å². The van der Waals surface area contributed by atoms with Crippen LogP contribution in [0.1, 0.15) is 33.9 Å². The Balaban J connectivity index is 1.56. The minimum Gasteiger partial charge on any atom is -0.349 e. The standard InChI is InChI=1S/C18H16N4O4S2/c1-11(12-4-2-5-14(8-12)22(25)26)19-16(23)9-13-10-28-18(20-13)21-17(24)15-6-3-7-27-15/h2-8,10-11H,9H2,1H3,(H,19,23)(H,20,21,24). The van der Waals surface area contributed by atoms with Crippen LogP contribution >= 0.6 is 22.7 Å². The van der Waals surface area contributed by atoms with Crippen molar-refractivity contribution in [2.45, 2.75) is 19.4 Å². The SMILES string of the molecule is CC(NC(=O)Cc1csc(NC(=O)c2cccs2)n1)c1cccc([N+](=O)[O-])c1. The van der Waals surface area contributed by atoms with Crippen molar-refractivity contribution < 1.29 is 14.5 Å². The maximum Gasteiger partial charge on any atom is 0.269 e. The molecule has 0 fully saturated rings. The molecular weight excluding hydrogens is 400 g/mol. The lowest BCUT2D eigenvalue weighted by Gasteiger charge is -2.13. The summed E-state index contributed by atoms with van der Waals surface area (Å²) in [6, 6.07) is 9.27. The third kappa shape index (κ3) is 4.99. The molecule has 1 atom stereocenters. The van der Waals surface area contributed by atoms with Crippen molar-refractivity contribution in [3.8, 4) is 0 Å². The number of nitrogens with one attached hydrogen (secondary N) is 2. The fourth-order valence-electron chi connectivity index (χ4n) is 2.46. The number of carbonyl (C=O) groups excluding carboxylic acids is 2. The first-order valence-corrected chi connectivity index (χ1v) is 10.0. The van der Waals surface area contributed by atoms with Crippen LogP contribution in [0.3, 0.4) is 0 Å². The maximum absolute atomic E-state index is 12.3. The second kappa shape index (κ2) is 8.72. The highest BCUT2D eigenvalue weighted by molar-refractivity contribution is 7.14. The first-order chi connectivity index (χ1) is 13.4. The van der Waals surface area contributed by atoms with Gasteiger partial charge in [0.2, 0.25) is 5.91 Å². The summed E-state index contributed by atoms with van der Waals surface area (Å²) in [7, 11) is 0. The molecule has 2 aromatic heterocycles. The lowest BCUT2D eigenvalue weighted by atomic mass is 10.1. The maximum atomic E-state index is 12.3. The van der Waals surface area contributed by atoms with Crippen LogP contribution in [0.15, 0.2) is 47.2 Å². The average molecular weight is 416 g/mol. The number of benzene rings is 1. The number of carbonyl (C=O) groups is 2.